The molecule has 1 saturated carbocycles. The summed E-state index contributed by atoms with van der Waals surface area (Å²) in [5.74, 6) is 1.12. The first-order valence-electron chi connectivity index (χ1n) is 13.4. The van der Waals surface area contributed by atoms with E-state index >= 15 is 0 Å². The molecule has 1 heterocycles. The Labute approximate surface area is 220 Å². The van der Waals surface area contributed by atoms with E-state index in [0.717, 1.165) is 69.5 Å². The number of likely N-dealkylation sites (tertiary alicyclic amines) is 1. The Morgan fingerprint density at radius 2 is 1.78 bits per heavy atom. The second-order valence-corrected chi connectivity index (χ2v) is 10.2. The molecule has 2 aromatic rings. The van der Waals surface area contributed by atoms with Crippen molar-refractivity contribution in [3.05, 3.63) is 65.7 Å². The van der Waals surface area contributed by atoms with Gasteiger partial charge in [0.25, 0.3) is 0 Å². The molecule has 7 nitrogen and oxygen atoms in total. The van der Waals surface area contributed by atoms with Gasteiger partial charge in [-0.1, -0.05) is 36.8 Å². The first-order valence-corrected chi connectivity index (χ1v) is 13.4. The predicted molar refractivity (Wildman–Crippen MR) is 143 cm³/mol. The third kappa shape index (κ3) is 6.06. The Kier molecular flexibility index (Phi) is 9.04. The van der Waals surface area contributed by atoms with Crippen LogP contribution in [0.1, 0.15) is 49.7 Å². The average Bonchev–Trinajstić information content (AvgIpc) is 3.41. The molecule has 2 N–H and O–H groups in total. The van der Waals surface area contributed by atoms with E-state index in [9.17, 15) is 10.1 Å². The van der Waals surface area contributed by atoms with Gasteiger partial charge in [0, 0.05) is 25.6 Å². The standard InChI is InChI=1S/C30H37N5O2/c1-33-29(36)34-28-10-5-9-27(28)30(22-32,24-7-3-2-4-8-24)25-15-18-35(19-16-25)17-6-20-37-26-13-11-23(21-31)12-14-26/h2-4,7-8,11-14,25,27-28H,5-6,9-10,15-20H2,1H3,(H2,33,34,36)/t27-,28-,30?/m1/s1. The number of nitrogens with zero attached hydrogens (tertiary/aromatic N) is 3. The van der Waals surface area contributed by atoms with Gasteiger partial charge in [-0.15, -0.1) is 0 Å². The number of hydrogen-bond acceptors (Lipinski definition) is 5. The van der Waals surface area contributed by atoms with Crippen LogP contribution >= 0.6 is 0 Å². The number of nitriles is 2. The molecule has 37 heavy (non-hydrogen) atoms. The fourth-order valence-corrected chi connectivity index (χ4v) is 6.34. The van der Waals surface area contributed by atoms with Crippen molar-refractivity contribution in [1.82, 2.24) is 15.5 Å². The van der Waals surface area contributed by atoms with Gasteiger partial charge >= 0.3 is 6.03 Å². The molecule has 4 rings (SSSR count). The molecule has 0 bridgehead atoms. The summed E-state index contributed by atoms with van der Waals surface area (Å²) in [6.07, 6.45) is 5.72. The Morgan fingerprint density at radius 3 is 2.43 bits per heavy atom. The van der Waals surface area contributed by atoms with Gasteiger partial charge in [0.05, 0.1) is 29.7 Å². The zero-order chi connectivity index (χ0) is 26.1. The molecule has 194 valence electrons. The van der Waals surface area contributed by atoms with Crippen molar-refractivity contribution in [2.24, 2.45) is 11.8 Å². The minimum absolute atomic E-state index is 0.00258. The van der Waals surface area contributed by atoms with Crippen molar-refractivity contribution < 1.29 is 9.53 Å². The highest BCUT2D eigenvalue weighted by Crippen LogP contribution is 2.50. The van der Waals surface area contributed by atoms with E-state index in [1.807, 2.05) is 30.3 Å². The van der Waals surface area contributed by atoms with Crippen LogP contribution in [0.2, 0.25) is 0 Å². The summed E-state index contributed by atoms with van der Waals surface area (Å²) in [6.45, 7) is 3.50. The number of amides is 2. The van der Waals surface area contributed by atoms with E-state index in [1.54, 1.807) is 19.2 Å². The minimum atomic E-state index is -0.617. The maximum Gasteiger partial charge on any atom is 0.314 e. The van der Waals surface area contributed by atoms with Gasteiger partial charge in [-0.25, -0.2) is 4.79 Å². The Morgan fingerprint density at radius 1 is 1.05 bits per heavy atom. The lowest BCUT2D eigenvalue weighted by molar-refractivity contribution is 0.107. The van der Waals surface area contributed by atoms with Crippen molar-refractivity contribution in [1.29, 1.82) is 10.5 Å². The highest BCUT2D eigenvalue weighted by Gasteiger charge is 2.52. The molecule has 1 unspecified atom stereocenters. The van der Waals surface area contributed by atoms with Crippen LogP contribution in [0, 0.1) is 34.5 Å². The number of piperidine rings is 1. The highest BCUT2D eigenvalue weighted by atomic mass is 16.5. The van der Waals surface area contributed by atoms with Crippen molar-refractivity contribution in [2.45, 2.75) is 50.0 Å². The van der Waals surface area contributed by atoms with E-state index in [-0.39, 0.29) is 23.9 Å². The van der Waals surface area contributed by atoms with Crippen molar-refractivity contribution >= 4 is 6.03 Å². The van der Waals surface area contributed by atoms with Gasteiger partial charge in [-0.05, 0) is 80.9 Å². The summed E-state index contributed by atoms with van der Waals surface area (Å²) >= 11 is 0. The first-order chi connectivity index (χ1) is 18.1. The van der Waals surface area contributed by atoms with E-state index in [1.165, 1.54) is 0 Å². The smallest absolute Gasteiger partial charge is 0.314 e. The highest BCUT2D eigenvalue weighted by molar-refractivity contribution is 5.74. The summed E-state index contributed by atoms with van der Waals surface area (Å²) in [7, 11) is 1.64. The van der Waals surface area contributed by atoms with Crippen LogP contribution in [0.5, 0.6) is 5.75 Å². The van der Waals surface area contributed by atoms with Crippen molar-refractivity contribution in [3.8, 4) is 17.9 Å². The van der Waals surface area contributed by atoms with Gasteiger partial charge in [0.1, 0.15) is 5.75 Å². The molecule has 1 aliphatic carbocycles. The van der Waals surface area contributed by atoms with Crippen LogP contribution < -0.4 is 15.4 Å². The zero-order valence-corrected chi connectivity index (χ0v) is 21.7. The van der Waals surface area contributed by atoms with Crippen molar-refractivity contribution in [3.63, 3.8) is 0 Å². The predicted octanol–water partition coefficient (Wildman–Crippen LogP) is 4.60. The van der Waals surface area contributed by atoms with Crippen LogP contribution in [0.25, 0.3) is 0 Å². The van der Waals surface area contributed by atoms with Gasteiger partial charge in [0.2, 0.25) is 0 Å². The molecule has 2 fully saturated rings. The third-order valence-electron chi connectivity index (χ3n) is 8.18. The third-order valence-corrected chi connectivity index (χ3v) is 8.18. The monoisotopic (exact) mass is 499 g/mol. The van der Waals surface area contributed by atoms with Crippen molar-refractivity contribution in [2.75, 3.05) is 33.3 Å². The average molecular weight is 500 g/mol. The van der Waals surface area contributed by atoms with E-state index in [4.69, 9.17) is 10.00 Å². The first kappa shape index (κ1) is 26.5. The number of urea groups is 1. The lowest BCUT2D eigenvalue weighted by Crippen LogP contribution is -2.53. The normalized spacial score (nSPS) is 21.8. The maximum atomic E-state index is 12.2. The van der Waals surface area contributed by atoms with Gasteiger partial charge in [-0.2, -0.15) is 10.5 Å². The van der Waals surface area contributed by atoms with Crippen LogP contribution in [0.4, 0.5) is 4.79 Å². The molecule has 7 heteroatoms. The molecule has 0 spiro atoms. The quantitative estimate of drug-likeness (QED) is 0.491. The minimum Gasteiger partial charge on any atom is -0.494 e. The van der Waals surface area contributed by atoms with E-state index in [2.05, 4.69) is 39.8 Å². The second-order valence-electron chi connectivity index (χ2n) is 10.2. The lowest BCUT2D eigenvalue weighted by Gasteiger charge is -2.46. The summed E-state index contributed by atoms with van der Waals surface area (Å²) in [4.78, 5) is 14.7. The molecule has 2 amide bonds. The Balaban J connectivity index is 1.39. The van der Waals surface area contributed by atoms with Crippen LogP contribution in [0.15, 0.2) is 54.6 Å². The number of carbonyl (C=O) groups excluding carboxylic acids is 1. The summed E-state index contributed by atoms with van der Waals surface area (Å²) in [5, 5.41) is 25.6. The maximum absolute atomic E-state index is 12.2. The fourth-order valence-electron chi connectivity index (χ4n) is 6.34. The number of benzene rings is 2. The number of ether oxygens (including phenoxy) is 1. The molecular formula is C30H37N5O2. The molecule has 0 aromatic heterocycles. The molecule has 1 saturated heterocycles. The van der Waals surface area contributed by atoms with Gasteiger partial charge in [-0.3, -0.25) is 0 Å². The molecule has 1 aliphatic heterocycles. The Hall–Kier alpha value is -3.55. The molecular weight excluding hydrogens is 462 g/mol. The molecule has 2 aromatic carbocycles. The summed E-state index contributed by atoms with van der Waals surface area (Å²) in [6, 6.07) is 22.3. The second kappa shape index (κ2) is 12.6. The summed E-state index contributed by atoms with van der Waals surface area (Å²) in [5.41, 5.74) is 1.10. The topological polar surface area (TPSA) is 101 Å². The zero-order valence-electron chi connectivity index (χ0n) is 21.7. The molecule has 0 radical (unpaired) electrons. The number of hydrogen-bond donors (Lipinski definition) is 2. The largest absolute Gasteiger partial charge is 0.494 e. The van der Waals surface area contributed by atoms with Crippen LogP contribution in [0.3, 0.4) is 0 Å². The number of rotatable bonds is 9. The van der Waals surface area contributed by atoms with Gasteiger partial charge in [0.15, 0.2) is 0 Å². The van der Waals surface area contributed by atoms with Gasteiger partial charge < -0.3 is 20.3 Å². The SMILES string of the molecule is CNC(=O)N[C@@H]1CCC[C@H]1C(C#N)(c1ccccc1)C1CCN(CCCOc2ccc(C#N)cc2)CC1. The summed E-state index contributed by atoms with van der Waals surface area (Å²) < 4.78 is 5.85. The van der Waals surface area contributed by atoms with E-state index in [0.29, 0.717) is 12.2 Å². The molecule has 2 aliphatic rings. The van der Waals surface area contributed by atoms with E-state index < -0.39 is 5.41 Å². The lowest BCUT2D eigenvalue weighted by atomic mass is 9.59. The Bertz CT molecular complexity index is 1100. The number of carbonyl (C=O) groups is 1. The molecule has 3 atom stereocenters. The number of nitrogens with one attached hydrogen (secondary N) is 2. The van der Waals surface area contributed by atoms with Crippen LogP contribution in [-0.2, 0) is 5.41 Å². The van der Waals surface area contributed by atoms with Crippen LogP contribution in [-0.4, -0.2) is 50.3 Å². The fraction of sp³-hybridized carbons (Fsp3) is 0.500.